The molecule has 6 atom stereocenters. The fourth-order valence-corrected chi connectivity index (χ4v) is 7.31. The molecule has 1 heterocycles. The van der Waals surface area contributed by atoms with E-state index in [9.17, 15) is 30.0 Å². The fourth-order valence-electron chi connectivity index (χ4n) is 7.31. The Hall–Kier alpha value is -1.30. The van der Waals surface area contributed by atoms with E-state index in [1.807, 2.05) is 0 Å². The van der Waals surface area contributed by atoms with Crippen LogP contribution in [0, 0.1) is 0 Å². The third kappa shape index (κ3) is 28.7. The van der Waals surface area contributed by atoms with Crippen LogP contribution in [-0.2, 0) is 28.5 Å². The van der Waals surface area contributed by atoms with Gasteiger partial charge >= 0.3 is 11.9 Å². The van der Waals surface area contributed by atoms with E-state index in [0.29, 0.717) is 6.42 Å². The molecule has 1 rings (SSSR count). The van der Waals surface area contributed by atoms with Crippen LogP contribution in [0.5, 0.6) is 0 Å². The average Bonchev–Trinajstić information content (AvgIpc) is 3.18. The molecule has 0 aromatic heterocycles. The van der Waals surface area contributed by atoms with E-state index in [1.165, 1.54) is 148 Å². The number of hydrogen-bond acceptors (Lipinski definition) is 10. The normalized spacial score (nSPS) is 20.4. The summed E-state index contributed by atoms with van der Waals surface area (Å²) >= 11 is 0. The third-order valence-corrected chi connectivity index (χ3v) is 11.0. The van der Waals surface area contributed by atoms with Crippen molar-refractivity contribution in [2.24, 2.45) is 0 Å². The van der Waals surface area contributed by atoms with Crippen LogP contribution >= 0.6 is 0 Å². The van der Waals surface area contributed by atoms with E-state index in [0.717, 1.165) is 38.5 Å². The number of aliphatic hydroxyl groups is 4. The number of aliphatic hydroxyl groups excluding tert-OH is 4. The van der Waals surface area contributed by atoms with Crippen molar-refractivity contribution in [3.05, 3.63) is 0 Å². The van der Waals surface area contributed by atoms with Gasteiger partial charge in [0.25, 0.3) is 0 Å². The van der Waals surface area contributed by atoms with Crippen LogP contribution in [0.1, 0.15) is 219 Å². The predicted molar refractivity (Wildman–Crippen MR) is 220 cm³/mol. The van der Waals surface area contributed by atoms with Gasteiger partial charge in [-0.3, -0.25) is 9.59 Å². The van der Waals surface area contributed by atoms with E-state index in [-0.39, 0.29) is 32.0 Å². The molecule has 1 aliphatic rings. The Morgan fingerprint density at radius 1 is 0.491 bits per heavy atom. The quantitative estimate of drug-likeness (QED) is 0.0350. The summed E-state index contributed by atoms with van der Waals surface area (Å²) in [5, 5.41) is 40.1. The van der Waals surface area contributed by atoms with Gasteiger partial charge in [0.05, 0.1) is 13.2 Å². The molecule has 1 saturated heterocycles. The molecule has 0 radical (unpaired) electrons. The minimum Gasteiger partial charge on any atom is -0.462 e. The highest BCUT2D eigenvalue weighted by atomic mass is 16.7. The van der Waals surface area contributed by atoms with Gasteiger partial charge in [-0.2, -0.15) is 0 Å². The van der Waals surface area contributed by atoms with Gasteiger partial charge in [-0.05, 0) is 12.8 Å². The molecule has 0 amide bonds. The van der Waals surface area contributed by atoms with Gasteiger partial charge in [-0.25, -0.2) is 0 Å². The van der Waals surface area contributed by atoms with Gasteiger partial charge in [0.2, 0.25) is 0 Å². The van der Waals surface area contributed by atoms with Crippen molar-refractivity contribution in [1.82, 2.24) is 0 Å². The maximum Gasteiger partial charge on any atom is 0.306 e. The average molecular weight is 787 g/mol. The molecule has 10 nitrogen and oxygen atoms in total. The van der Waals surface area contributed by atoms with Gasteiger partial charge in [0.1, 0.15) is 31.0 Å². The van der Waals surface area contributed by atoms with Crippen molar-refractivity contribution in [3.63, 3.8) is 0 Å². The maximum absolute atomic E-state index is 12.8. The van der Waals surface area contributed by atoms with Crippen LogP contribution in [0.3, 0.4) is 0 Å². The van der Waals surface area contributed by atoms with Crippen LogP contribution in [-0.4, -0.2) is 89.0 Å². The Morgan fingerprint density at radius 3 is 1.24 bits per heavy atom. The van der Waals surface area contributed by atoms with E-state index >= 15 is 0 Å². The third-order valence-electron chi connectivity index (χ3n) is 11.0. The molecule has 0 aliphatic carbocycles. The number of carbonyl (C=O) groups is 2. The monoisotopic (exact) mass is 787 g/mol. The van der Waals surface area contributed by atoms with Crippen LogP contribution in [0.4, 0.5) is 0 Å². The number of rotatable bonds is 39. The molecule has 1 aliphatic heterocycles. The molecule has 0 aromatic carbocycles. The maximum atomic E-state index is 12.8. The Balaban J connectivity index is 2.30. The highest BCUT2D eigenvalue weighted by molar-refractivity contribution is 5.70. The first kappa shape index (κ1) is 51.7. The predicted octanol–water partition coefficient (Wildman–Crippen LogP) is 9.78. The topological polar surface area (TPSA) is 152 Å². The lowest BCUT2D eigenvalue weighted by atomic mass is 9.99. The van der Waals surface area contributed by atoms with Crippen molar-refractivity contribution in [1.29, 1.82) is 0 Å². The van der Waals surface area contributed by atoms with Crippen LogP contribution in [0.25, 0.3) is 0 Å². The molecule has 326 valence electrons. The summed E-state index contributed by atoms with van der Waals surface area (Å²) in [5.41, 5.74) is 0. The number of unbranched alkanes of at least 4 members (excludes halogenated alkanes) is 28. The largest absolute Gasteiger partial charge is 0.462 e. The zero-order chi connectivity index (χ0) is 40.2. The smallest absolute Gasteiger partial charge is 0.306 e. The van der Waals surface area contributed by atoms with Crippen LogP contribution < -0.4 is 0 Å². The van der Waals surface area contributed by atoms with Gasteiger partial charge in [0.15, 0.2) is 12.4 Å². The molecule has 0 spiro atoms. The van der Waals surface area contributed by atoms with Crippen molar-refractivity contribution in [2.75, 3.05) is 19.8 Å². The lowest BCUT2D eigenvalue weighted by Gasteiger charge is -2.39. The summed E-state index contributed by atoms with van der Waals surface area (Å²) in [5.74, 6) is -0.790. The molecule has 55 heavy (non-hydrogen) atoms. The first-order chi connectivity index (χ1) is 26.8. The van der Waals surface area contributed by atoms with E-state index < -0.39 is 49.4 Å². The lowest BCUT2D eigenvalue weighted by molar-refractivity contribution is -0.305. The molecule has 10 heteroatoms. The molecular weight excluding hydrogens is 700 g/mol. The first-order valence-electron chi connectivity index (χ1n) is 23.1. The molecule has 4 N–H and O–H groups in total. The molecule has 0 bridgehead atoms. The second-order valence-electron chi connectivity index (χ2n) is 16.2. The zero-order valence-corrected chi connectivity index (χ0v) is 35.5. The summed E-state index contributed by atoms with van der Waals surface area (Å²) in [6.45, 7) is 3.46. The molecule has 1 fully saturated rings. The Bertz CT molecular complexity index is 871. The Kier molecular flexibility index (Phi) is 34.8. The highest BCUT2D eigenvalue weighted by Crippen LogP contribution is 2.23. The Morgan fingerprint density at radius 2 is 0.855 bits per heavy atom. The van der Waals surface area contributed by atoms with E-state index in [4.69, 9.17) is 18.9 Å². The van der Waals surface area contributed by atoms with Gasteiger partial charge in [-0.1, -0.05) is 194 Å². The van der Waals surface area contributed by atoms with Crippen molar-refractivity contribution in [3.8, 4) is 0 Å². The summed E-state index contributed by atoms with van der Waals surface area (Å²) in [6, 6.07) is 0. The number of ether oxygens (including phenoxy) is 4. The molecular formula is C45H86O10. The Labute approximate surface area is 336 Å². The van der Waals surface area contributed by atoms with Crippen LogP contribution in [0.15, 0.2) is 0 Å². The van der Waals surface area contributed by atoms with Crippen molar-refractivity contribution < 1.29 is 49.0 Å². The van der Waals surface area contributed by atoms with Crippen LogP contribution in [0.2, 0.25) is 0 Å². The summed E-state index contributed by atoms with van der Waals surface area (Å²) in [7, 11) is 0. The summed E-state index contributed by atoms with van der Waals surface area (Å²) in [4.78, 5) is 25.3. The van der Waals surface area contributed by atoms with Crippen molar-refractivity contribution >= 4 is 11.9 Å². The second kappa shape index (κ2) is 37.0. The first-order valence-corrected chi connectivity index (χ1v) is 23.1. The lowest BCUT2D eigenvalue weighted by Crippen LogP contribution is -2.59. The summed E-state index contributed by atoms with van der Waals surface area (Å²) < 4.78 is 22.2. The minimum atomic E-state index is -1.59. The van der Waals surface area contributed by atoms with Crippen molar-refractivity contribution in [2.45, 2.75) is 256 Å². The summed E-state index contributed by atoms with van der Waals surface area (Å²) in [6.07, 6.45) is 29.6. The molecule has 2 unspecified atom stereocenters. The fraction of sp³-hybridized carbons (Fsp3) is 0.956. The number of carbonyl (C=O) groups excluding carboxylic acids is 2. The van der Waals surface area contributed by atoms with E-state index in [2.05, 4.69) is 13.8 Å². The molecule has 0 aromatic rings. The minimum absolute atomic E-state index is 0.209. The number of hydrogen-bond donors (Lipinski definition) is 4. The second-order valence-corrected chi connectivity index (χ2v) is 16.2. The van der Waals surface area contributed by atoms with Gasteiger partial charge in [-0.15, -0.1) is 0 Å². The SMILES string of the molecule is CCCCCCCCCCCCCCCCCC(=O)OCC(COC1O[C@H](CO)[C@H](O)[C@H](O)[C@H]1O)OC(=O)CCCCCCCCCCCCCCCCC. The highest BCUT2D eigenvalue weighted by Gasteiger charge is 2.44. The standard InChI is InChI=1S/C45H86O10/c1-3-5-7-9-11-13-15-17-19-21-23-25-27-29-31-33-40(47)52-36-38(37-53-45-44(51)43(50)42(49)39(35-46)55-45)54-41(48)34-32-30-28-26-24-22-20-18-16-14-12-10-8-6-4-2/h38-39,42-46,49-51H,3-37H2,1-2H3/t38?,39-,42+,43+,44-,45?/m1/s1. The van der Waals surface area contributed by atoms with Gasteiger partial charge in [0, 0.05) is 12.8 Å². The zero-order valence-electron chi connectivity index (χ0n) is 35.5. The number of esters is 2. The van der Waals surface area contributed by atoms with E-state index in [1.54, 1.807) is 0 Å². The molecule has 0 saturated carbocycles. The van der Waals surface area contributed by atoms with Gasteiger partial charge < -0.3 is 39.4 Å².